The Morgan fingerprint density at radius 2 is 2.00 bits per heavy atom. The van der Waals surface area contributed by atoms with Crippen LogP contribution >= 0.6 is 0 Å². The predicted molar refractivity (Wildman–Crippen MR) is 89.3 cm³/mol. The van der Waals surface area contributed by atoms with Crippen LogP contribution in [0.15, 0.2) is 18.2 Å². The predicted octanol–water partition coefficient (Wildman–Crippen LogP) is 3.57. The molecule has 0 aromatic heterocycles. The number of halogens is 3. The molecule has 0 aliphatic carbocycles. The Morgan fingerprint density at radius 3 is 2.54 bits per heavy atom. The van der Waals surface area contributed by atoms with Crippen molar-refractivity contribution in [3.8, 4) is 11.5 Å². The third-order valence-electron chi connectivity index (χ3n) is 4.34. The van der Waals surface area contributed by atoms with Crippen molar-refractivity contribution < 1.29 is 32.5 Å². The molecule has 5 nitrogen and oxygen atoms in total. The normalized spacial score (nSPS) is 21.0. The van der Waals surface area contributed by atoms with Crippen LogP contribution in [0.2, 0.25) is 0 Å². The largest absolute Gasteiger partial charge is 0.490 e. The van der Waals surface area contributed by atoms with Gasteiger partial charge in [-0.1, -0.05) is 19.1 Å². The molecule has 146 valence electrons. The number of hydrogen-bond acceptors (Lipinski definition) is 4. The zero-order valence-electron chi connectivity index (χ0n) is 14.9. The average molecular weight is 375 g/mol. The number of benzene rings is 1. The van der Waals surface area contributed by atoms with E-state index in [2.05, 4.69) is 0 Å². The van der Waals surface area contributed by atoms with Crippen LogP contribution in [-0.4, -0.2) is 48.5 Å². The van der Waals surface area contributed by atoms with Crippen LogP contribution in [-0.2, 0) is 11.3 Å². The number of carboxylic acid groups (broad SMARTS) is 1. The molecule has 1 saturated heterocycles. The summed E-state index contributed by atoms with van der Waals surface area (Å²) < 4.78 is 50.8. The minimum absolute atomic E-state index is 0.147. The quantitative estimate of drug-likeness (QED) is 0.753. The highest BCUT2D eigenvalue weighted by Gasteiger charge is 2.52. The molecule has 0 saturated carbocycles. The van der Waals surface area contributed by atoms with E-state index < -0.39 is 24.0 Å². The second-order valence-corrected chi connectivity index (χ2v) is 6.31. The van der Waals surface area contributed by atoms with Crippen molar-refractivity contribution in [1.82, 2.24) is 4.90 Å². The molecule has 26 heavy (non-hydrogen) atoms. The summed E-state index contributed by atoms with van der Waals surface area (Å²) in [6.07, 6.45) is -3.76. The lowest BCUT2D eigenvalue weighted by atomic mass is 9.96. The first-order chi connectivity index (χ1) is 12.3. The number of aliphatic carboxylic acids is 1. The van der Waals surface area contributed by atoms with Gasteiger partial charge in [0.1, 0.15) is 0 Å². The molecule has 2 rings (SSSR count). The summed E-state index contributed by atoms with van der Waals surface area (Å²) in [6.45, 7) is 4.37. The van der Waals surface area contributed by atoms with Crippen LogP contribution in [0.25, 0.3) is 0 Å². The van der Waals surface area contributed by atoms with E-state index in [0.29, 0.717) is 30.3 Å². The van der Waals surface area contributed by atoms with Crippen molar-refractivity contribution in [2.24, 2.45) is 11.8 Å². The number of ether oxygens (including phenoxy) is 2. The smallest absolute Gasteiger partial charge is 0.393 e. The zero-order valence-corrected chi connectivity index (χ0v) is 14.9. The Bertz CT molecular complexity index is 621. The van der Waals surface area contributed by atoms with Gasteiger partial charge in [-0.15, -0.1) is 0 Å². The van der Waals surface area contributed by atoms with Gasteiger partial charge in [0.25, 0.3) is 0 Å². The summed E-state index contributed by atoms with van der Waals surface area (Å²) in [6, 6.07) is 5.27. The topological polar surface area (TPSA) is 59.0 Å². The van der Waals surface area contributed by atoms with E-state index in [1.165, 1.54) is 4.90 Å². The molecule has 0 spiro atoms. The lowest BCUT2D eigenvalue weighted by molar-refractivity contribution is -0.188. The summed E-state index contributed by atoms with van der Waals surface area (Å²) in [5, 5.41) is 9.14. The fourth-order valence-electron chi connectivity index (χ4n) is 3.16. The molecule has 0 unspecified atom stereocenters. The van der Waals surface area contributed by atoms with E-state index in [4.69, 9.17) is 14.6 Å². The van der Waals surface area contributed by atoms with Crippen LogP contribution in [0.5, 0.6) is 11.5 Å². The Balaban J connectivity index is 2.22. The van der Waals surface area contributed by atoms with Crippen molar-refractivity contribution in [3.05, 3.63) is 23.8 Å². The maximum absolute atomic E-state index is 13.2. The Hall–Kier alpha value is -1.96. The number of para-hydroxylation sites is 1. The van der Waals surface area contributed by atoms with Crippen molar-refractivity contribution in [2.45, 2.75) is 33.0 Å². The van der Waals surface area contributed by atoms with Gasteiger partial charge < -0.3 is 14.6 Å². The molecular formula is C18H24F3NO4. The third-order valence-corrected chi connectivity index (χ3v) is 4.34. The van der Waals surface area contributed by atoms with Gasteiger partial charge >= 0.3 is 12.1 Å². The van der Waals surface area contributed by atoms with E-state index in [1.54, 1.807) is 18.2 Å². The van der Waals surface area contributed by atoms with Gasteiger partial charge in [0.15, 0.2) is 11.5 Å². The van der Waals surface area contributed by atoms with Gasteiger partial charge in [-0.25, -0.2) is 0 Å². The summed E-state index contributed by atoms with van der Waals surface area (Å²) in [4.78, 5) is 12.7. The van der Waals surface area contributed by atoms with E-state index >= 15 is 0 Å². The van der Waals surface area contributed by atoms with E-state index in [-0.39, 0.29) is 19.6 Å². The van der Waals surface area contributed by atoms with Gasteiger partial charge in [-0.05, 0) is 19.4 Å². The van der Waals surface area contributed by atoms with Crippen LogP contribution in [0.1, 0.15) is 25.8 Å². The molecule has 0 radical (unpaired) electrons. The van der Waals surface area contributed by atoms with Crippen molar-refractivity contribution >= 4 is 5.97 Å². The van der Waals surface area contributed by atoms with Crippen molar-refractivity contribution in [1.29, 1.82) is 0 Å². The first-order valence-corrected chi connectivity index (χ1v) is 8.67. The molecule has 1 aliphatic rings. The van der Waals surface area contributed by atoms with Crippen LogP contribution < -0.4 is 9.47 Å². The molecule has 2 atom stereocenters. The van der Waals surface area contributed by atoms with E-state index in [1.807, 2.05) is 13.8 Å². The number of carboxylic acids is 1. The number of likely N-dealkylation sites (tertiary alicyclic amines) is 1. The zero-order chi connectivity index (χ0) is 19.3. The fourth-order valence-corrected chi connectivity index (χ4v) is 3.16. The van der Waals surface area contributed by atoms with E-state index in [9.17, 15) is 18.0 Å². The van der Waals surface area contributed by atoms with Gasteiger partial charge in [0.2, 0.25) is 0 Å². The van der Waals surface area contributed by atoms with Crippen LogP contribution in [0.4, 0.5) is 13.2 Å². The third kappa shape index (κ3) is 4.81. The number of nitrogens with zero attached hydrogens (tertiary/aromatic N) is 1. The SMILES string of the molecule is CCCOc1c(CN2C[C@@H](C(F)(F)F)[C@H](C(=O)O)C2)cccc1OCC. The lowest BCUT2D eigenvalue weighted by Crippen LogP contribution is -2.33. The molecule has 1 N–H and O–H groups in total. The molecule has 1 aromatic carbocycles. The second kappa shape index (κ2) is 8.62. The Morgan fingerprint density at radius 1 is 1.27 bits per heavy atom. The molecule has 1 aliphatic heterocycles. The molecule has 1 heterocycles. The Labute approximate surface area is 150 Å². The van der Waals surface area contributed by atoms with Crippen molar-refractivity contribution in [2.75, 3.05) is 26.3 Å². The summed E-state index contributed by atoms with van der Waals surface area (Å²) in [5.74, 6) is -3.68. The van der Waals surface area contributed by atoms with Gasteiger partial charge in [-0.3, -0.25) is 9.69 Å². The van der Waals surface area contributed by atoms with Crippen molar-refractivity contribution in [3.63, 3.8) is 0 Å². The molecule has 0 bridgehead atoms. The van der Waals surface area contributed by atoms with Crippen LogP contribution in [0, 0.1) is 11.8 Å². The summed E-state index contributed by atoms with van der Waals surface area (Å²) >= 11 is 0. The molecule has 1 fully saturated rings. The molecule has 0 amide bonds. The van der Waals surface area contributed by atoms with E-state index in [0.717, 1.165) is 6.42 Å². The standard InChI is InChI=1S/C18H24F3NO4/c1-3-8-26-16-12(6-5-7-15(16)25-4-2)9-22-10-13(17(23)24)14(11-22)18(19,20)21/h5-7,13-14H,3-4,8-11H2,1-2H3,(H,23,24)/t13-,14-/m1/s1. The number of hydrogen-bond donors (Lipinski definition) is 1. The van der Waals surface area contributed by atoms with Crippen LogP contribution in [0.3, 0.4) is 0 Å². The number of carbonyl (C=O) groups is 1. The molecular weight excluding hydrogens is 351 g/mol. The summed E-state index contributed by atoms with van der Waals surface area (Å²) in [7, 11) is 0. The summed E-state index contributed by atoms with van der Waals surface area (Å²) in [5.41, 5.74) is 0.691. The van der Waals surface area contributed by atoms with Gasteiger partial charge in [-0.2, -0.15) is 13.2 Å². The fraction of sp³-hybridized carbons (Fsp3) is 0.611. The highest BCUT2D eigenvalue weighted by atomic mass is 19.4. The minimum atomic E-state index is -4.54. The Kier molecular flexibility index (Phi) is 6.75. The number of alkyl halides is 3. The highest BCUT2D eigenvalue weighted by molar-refractivity contribution is 5.71. The molecule has 8 heteroatoms. The van der Waals surface area contributed by atoms with Gasteiger partial charge in [0.05, 0.1) is 25.0 Å². The first-order valence-electron chi connectivity index (χ1n) is 8.67. The molecule has 1 aromatic rings. The highest BCUT2D eigenvalue weighted by Crippen LogP contribution is 2.39. The second-order valence-electron chi connectivity index (χ2n) is 6.31. The lowest BCUT2D eigenvalue weighted by Gasteiger charge is -2.21. The maximum atomic E-state index is 13.2. The first kappa shape index (κ1) is 20.4. The monoisotopic (exact) mass is 375 g/mol. The maximum Gasteiger partial charge on any atom is 0.393 e. The number of rotatable bonds is 8. The minimum Gasteiger partial charge on any atom is -0.490 e. The van der Waals surface area contributed by atoms with Gasteiger partial charge in [0, 0.05) is 25.2 Å². The average Bonchev–Trinajstić information content (AvgIpc) is 2.99.